The molecule has 4 aliphatic rings. The molecule has 11 nitrogen and oxygen atoms in total. The molecule has 57 heavy (non-hydrogen) atoms. The van der Waals surface area contributed by atoms with E-state index in [0.29, 0.717) is 61.5 Å². The molecule has 6 heterocycles. The van der Waals surface area contributed by atoms with Gasteiger partial charge in [-0.2, -0.15) is 9.97 Å². The minimum absolute atomic E-state index is 0.0720. The molecule has 2 aromatic heterocycles. The van der Waals surface area contributed by atoms with Crippen LogP contribution in [0.4, 0.5) is 15.0 Å². The second kappa shape index (κ2) is 15.0. The Morgan fingerprint density at radius 2 is 1.70 bits per heavy atom. The molecule has 0 radical (unpaired) electrons. The molecule has 4 atom stereocenters. The van der Waals surface area contributed by atoms with Gasteiger partial charge in [0.1, 0.15) is 41.6 Å². The van der Waals surface area contributed by atoms with E-state index in [2.05, 4.69) is 9.80 Å². The van der Waals surface area contributed by atoms with Crippen molar-refractivity contribution in [1.82, 2.24) is 24.8 Å². The molecule has 2 bridgehead atoms. The number of halogens is 1. The number of pyridine rings is 1. The summed E-state index contributed by atoms with van der Waals surface area (Å²) in [5.74, 6) is 0.620. The van der Waals surface area contributed by atoms with E-state index in [1.807, 2.05) is 92.4 Å². The van der Waals surface area contributed by atoms with Gasteiger partial charge in [-0.25, -0.2) is 9.18 Å². The summed E-state index contributed by atoms with van der Waals surface area (Å²) in [6.07, 6.45) is 7.22. The van der Waals surface area contributed by atoms with E-state index in [1.165, 1.54) is 0 Å². The van der Waals surface area contributed by atoms with Crippen molar-refractivity contribution in [3.05, 3.63) is 84.3 Å². The molecule has 0 N–H and O–H groups in total. The summed E-state index contributed by atoms with van der Waals surface area (Å²) in [6, 6.07) is 22.0. The van der Waals surface area contributed by atoms with Crippen molar-refractivity contribution in [2.45, 2.75) is 95.2 Å². The number of piperazine rings is 1. The maximum absolute atomic E-state index is 17.4. The predicted molar refractivity (Wildman–Crippen MR) is 217 cm³/mol. The first-order valence-electron chi connectivity index (χ1n) is 20.3. The van der Waals surface area contributed by atoms with Crippen LogP contribution >= 0.6 is 0 Å². The summed E-state index contributed by atoms with van der Waals surface area (Å²) >= 11 is 0. The Morgan fingerprint density at radius 3 is 2.47 bits per heavy atom. The van der Waals surface area contributed by atoms with E-state index < -0.39 is 11.4 Å². The minimum atomic E-state index is -0.597. The van der Waals surface area contributed by atoms with Gasteiger partial charge in [0.05, 0.1) is 29.6 Å². The fourth-order valence-electron chi connectivity index (χ4n) is 9.69. The minimum Gasteiger partial charge on any atom is -0.489 e. The Kier molecular flexibility index (Phi) is 9.89. The molecule has 3 unspecified atom stereocenters. The van der Waals surface area contributed by atoms with E-state index in [1.54, 1.807) is 13.3 Å². The van der Waals surface area contributed by atoms with Gasteiger partial charge in [-0.05, 0) is 94.3 Å². The third-order valence-electron chi connectivity index (χ3n) is 12.2. The zero-order valence-corrected chi connectivity index (χ0v) is 33.2. The van der Waals surface area contributed by atoms with Crippen molar-refractivity contribution in [2.24, 2.45) is 0 Å². The smallest absolute Gasteiger partial charge is 0.410 e. The first-order valence-corrected chi connectivity index (χ1v) is 20.3. The lowest BCUT2D eigenvalue weighted by atomic mass is 9.95. The molecular weight excluding hydrogens is 724 g/mol. The van der Waals surface area contributed by atoms with Gasteiger partial charge in [-0.1, -0.05) is 54.6 Å². The molecule has 0 spiro atoms. The van der Waals surface area contributed by atoms with Crippen molar-refractivity contribution < 1.29 is 28.1 Å². The van der Waals surface area contributed by atoms with Crippen LogP contribution in [0.2, 0.25) is 0 Å². The van der Waals surface area contributed by atoms with Gasteiger partial charge in [0.25, 0.3) is 0 Å². The number of hydrogen-bond donors (Lipinski definition) is 0. The van der Waals surface area contributed by atoms with Crippen LogP contribution in [0.3, 0.4) is 0 Å². The number of aromatic nitrogens is 3. The predicted octanol–water partition coefficient (Wildman–Crippen LogP) is 8.17. The Hall–Kier alpha value is -5.07. The van der Waals surface area contributed by atoms with Crippen LogP contribution in [0.15, 0.2) is 72.9 Å². The van der Waals surface area contributed by atoms with Gasteiger partial charge in [-0.3, -0.25) is 14.8 Å². The molecule has 0 saturated carbocycles. The average molecular weight is 775 g/mol. The van der Waals surface area contributed by atoms with Crippen LogP contribution in [0, 0.1) is 5.82 Å². The number of methoxy groups -OCH3 is 1. The molecule has 9 rings (SSSR count). The molecule has 5 aromatic rings. The largest absolute Gasteiger partial charge is 0.489 e. The number of nitrogens with zero attached hydrogens (tertiary/aromatic N) is 6. The van der Waals surface area contributed by atoms with Crippen molar-refractivity contribution in [1.29, 1.82) is 0 Å². The third-order valence-corrected chi connectivity index (χ3v) is 12.2. The lowest BCUT2D eigenvalue weighted by Crippen LogP contribution is -2.57. The topological polar surface area (TPSA) is 102 Å². The summed E-state index contributed by atoms with van der Waals surface area (Å²) < 4.78 is 41.7. The van der Waals surface area contributed by atoms with Gasteiger partial charge in [0, 0.05) is 38.0 Å². The van der Waals surface area contributed by atoms with Crippen LogP contribution < -0.4 is 14.4 Å². The molecule has 298 valence electrons. The van der Waals surface area contributed by atoms with E-state index in [4.69, 9.17) is 33.9 Å². The number of ether oxygens (including phenoxy) is 4. The maximum Gasteiger partial charge on any atom is 0.410 e. The first kappa shape index (κ1) is 37.5. The lowest BCUT2D eigenvalue weighted by molar-refractivity contribution is 0.0122. The molecule has 12 heteroatoms. The van der Waals surface area contributed by atoms with Crippen LogP contribution in [0.1, 0.15) is 64.9 Å². The molecule has 4 aliphatic heterocycles. The number of carbonyl (C=O) groups excluding carboxylic acids is 1. The normalized spacial score (nSPS) is 23.4. The number of carbonyl (C=O) groups is 1. The highest BCUT2D eigenvalue weighted by atomic mass is 19.1. The highest BCUT2D eigenvalue weighted by Gasteiger charge is 2.50. The second-order valence-electron chi connectivity index (χ2n) is 17.1. The average Bonchev–Trinajstić information content (AvgIpc) is 3.86. The Morgan fingerprint density at radius 1 is 0.930 bits per heavy atom. The van der Waals surface area contributed by atoms with Gasteiger partial charge >= 0.3 is 12.1 Å². The van der Waals surface area contributed by atoms with Gasteiger partial charge in [0.15, 0.2) is 5.82 Å². The third kappa shape index (κ3) is 7.22. The fourth-order valence-corrected chi connectivity index (χ4v) is 9.69. The monoisotopic (exact) mass is 774 g/mol. The van der Waals surface area contributed by atoms with Crippen molar-refractivity contribution in [2.75, 3.05) is 44.9 Å². The highest BCUT2D eigenvalue weighted by Crippen LogP contribution is 2.44. The number of anilines is 1. The summed E-state index contributed by atoms with van der Waals surface area (Å²) in [6.45, 7) is 9.16. The van der Waals surface area contributed by atoms with Crippen molar-refractivity contribution in [3.8, 4) is 23.0 Å². The lowest BCUT2D eigenvalue weighted by Gasteiger charge is -2.42. The Labute approximate surface area is 333 Å². The van der Waals surface area contributed by atoms with Crippen LogP contribution in [-0.4, -0.2) is 100 Å². The van der Waals surface area contributed by atoms with Crippen LogP contribution in [0.5, 0.6) is 11.8 Å². The summed E-state index contributed by atoms with van der Waals surface area (Å²) in [7, 11) is 1.75. The van der Waals surface area contributed by atoms with Crippen molar-refractivity contribution >= 4 is 33.6 Å². The standard InChI is InChI=1S/C45H51FN6O5/c1-44(2,3)57-43(53)52-31-15-16-32(52)25-50(24-31)41-37-23-47-39(36-22-34(21-30-13-8-9-14-35(30)36)55-26-29-11-6-5-7-12-29)38(46)40(37)48-42(49-41)56-28-45-18-10-20-51(45)33(17-19-45)27-54-4/h5-9,11-14,21-23,31-33H,10,15-20,24-28H2,1-4H3/t31?,32?,33-,45?/m1/s1. The Bertz CT molecular complexity index is 2270. The van der Waals surface area contributed by atoms with Gasteiger partial charge < -0.3 is 23.8 Å². The Balaban J connectivity index is 1.10. The second-order valence-corrected chi connectivity index (χ2v) is 17.1. The quantitative estimate of drug-likeness (QED) is 0.138. The molecular formula is C45H51FN6O5. The molecule has 4 saturated heterocycles. The highest BCUT2D eigenvalue weighted by molar-refractivity contribution is 6.00. The zero-order valence-electron chi connectivity index (χ0n) is 33.2. The number of amides is 1. The van der Waals surface area contributed by atoms with Gasteiger partial charge in [-0.15, -0.1) is 0 Å². The van der Waals surface area contributed by atoms with Crippen LogP contribution in [-0.2, 0) is 16.1 Å². The zero-order chi connectivity index (χ0) is 39.3. The first-order chi connectivity index (χ1) is 27.6. The molecule has 4 fully saturated rings. The summed E-state index contributed by atoms with van der Waals surface area (Å²) in [5.41, 5.74) is 1.23. The number of benzene rings is 3. The number of rotatable bonds is 10. The molecule has 0 aliphatic carbocycles. The van der Waals surface area contributed by atoms with E-state index in [0.717, 1.165) is 61.4 Å². The van der Waals surface area contributed by atoms with E-state index in [-0.39, 0.29) is 40.9 Å². The number of hydrogen-bond acceptors (Lipinski definition) is 10. The summed E-state index contributed by atoms with van der Waals surface area (Å²) in [4.78, 5) is 34.6. The molecule has 1 amide bonds. The molecule has 3 aromatic carbocycles. The SMILES string of the molecule is COC[C@H]1CCC2(COc3nc(N4CC5CCC(C4)N5C(=O)OC(C)(C)C)c4cnc(-c5cc(OCc6ccccc6)cc6ccccc56)c(F)c4n3)CCCN12. The van der Waals surface area contributed by atoms with Crippen molar-refractivity contribution in [3.63, 3.8) is 0 Å². The summed E-state index contributed by atoms with van der Waals surface area (Å²) in [5, 5.41) is 2.26. The van der Waals surface area contributed by atoms with E-state index in [9.17, 15) is 4.79 Å². The fraction of sp³-hybridized carbons (Fsp3) is 0.467. The van der Waals surface area contributed by atoms with Crippen LogP contribution in [0.25, 0.3) is 32.9 Å². The van der Waals surface area contributed by atoms with Gasteiger partial charge in [0.2, 0.25) is 0 Å². The number of fused-ring (bicyclic) bond motifs is 5. The maximum atomic E-state index is 17.4. The van der Waals surface area contributed by atoms with E-state index >= 15 is 4.39 Å².